The van der Waals surface area contributed by atoms with Gasteiger partial charge >= 0.3 is 5.97 Å². The minimum Gasteiger partial charge on any atom is -0.480 e. The molecule has 0 saturated carbocycles. The van der Waals surface area contributed by atoms with Gasteiger partial charge in [0.2, 0.25) is 5.91 Å². The average Bonchev–Trinajstić information content (AvgIpc) is 2.60. The summed E-state index contributed by atoms with van der Waals surface area (Å²) in [6, 6.07) is -0.511. The molecule has 5 heteroatoms. The van der Waals surface area contributed by atoms with Crippen molar-refractivity contribution in [2.24, 2.45) is 5.73 Å². The summed E-state index contributed by atoms with van der Waals surface area (Å²) >= 11 is 0. The van der Waals surface area contributed by atoms with Gasteiger partial charge in [-0.1, -0.05) is 6.92 Å². The van der Waals surface area contributed by atoms with Crippen LogP contribution in [0.15, 0.2) is 0 Å². The molecule has 3 N–H and O–H groups in total. The van der Waals surface area contributed by atoms with Gasteiger partial charge in [-0.25, -0.2) is 0 Å². The third kappa shape index (κ3) is 1.84. The van der Waals surface area contributed by atoms with Crippen molar-refractivity contribution in [3.05, 3.63) is 0 Å². The zero-order chi connectivity index (χ0) is 11.6. The van der Waals surface area contributed by atoms with E-state index >= 15 is 0 Å². The number of carboxylic acids is 1. The van der Waals surface area contributed by atoms with Gasteiger partial charge in [-0.3, -0.25) is 14.5 Å². The van der Waals surface area contributed by atoms with E-state index in [1.165, 1.54) is 0 Å². The van der Waals surface area contributed by atoms with Crippen LogP contribution < -0.4 is 5.73 Å². The SMILES string of the molecule is CCC1(C(=O)O)CCCN1C(C)C(N)=O. The molecule has 1 aliphatic heterocycles. The second-order valence-electron chi connectivity index (χ2n) is 4.07. The number of carboxylic acid groups (broad SMARTS) is 1. The Morgan fingerprint density at radius 2 is 2.20 bits per heavy atom. The summed E-state index contributed by atoms with van der Waals surface area (Å²) in [5, 5.41) is 9.27. The van der Waals surface area contributed by atoms with Crippen molar-refractivity contribution in [3.8, 4) is 0 Å². The van der Waals surface area contributed by atoms with E-state index < -0.39 is 23.5 Å². The highest BCUT2D eigenvalue weighted by Crippen LogP contribution is 2.34. The fourth-order valence-corrected chi connectivity index (χ4v) is 2.38. The molecular formula is C10H18N2O3. The van der Waals surface area contributed by atoms with Gasteiger partial charge < -0.3 is 10.8 Å². The molecule has 0 spiro atoms. The van der Waals surface area contributed by atoms with Crippen molar-refractivity contribution >= 4 is 11.9 Å². The maximum absolute atomic E-state index is 11.3. The van der Waals surface area contributed by atoms with E-state index in [1.54, 1.807) is 11.8 Å². The highest BCUT2D eigenvalue weighted by Gasteiger charge is 2.48. The minimum atomic E-state index is -0.894. The fourth-order valence-electron chi connectivity index (χ4n) is 2.38. The molecule has 0 aromatic rings. The average molecular weight is 214 g/mol. The van der Waals surface area contributed by atoms with Crippen LogP contribution in [0, 0.1) is 0 Å². The molecule has 1 heterocycles. The third-order valence-corrected chi connectivity index (χ3v) is 3.40. The van der Waals surface area contributed by atoms with E-state index in [1.807, 2.05) is 6.92 Å². The lowest BCUT2D eigenvalue weighted by Gasteiger charge is -2.36. The first-order chi connectivity index (χ1) is 6.95. The lowest BCUT2D eigenvalue weighted by Crippen LogP contribution is -2.56. The number of hydrogen-bond acceptors (Lipinski definition) is 3. The largest absolute Gasteiger partial charge is 0.480 e. The molecule has 5 nitrogen and oxygen atoms in total. The zero-order valence-corrected chi connectivity index (χ0v) is 9.19. The normalized spacial score (nSPS) is 28.9. The van der Waals surface area contributed by atoms with Gasteiger partial charge in [-0.15, -0.1) is 0 Å². The van der Waals surface area contributed by atoms with E-state index in [9.17, 15) is 14.7 Å². The molecule has 86 valence electrons. The second-order valence-corrected chi connectivity index (χ2v) is 4.07. The Morgan fingerprint density at radius 3 is 2.60 bits per heavy atom. The minimum absolute atomic E-state index is 0.462. The van der Waals surface area contributed by atoms with Crippen LogP contribution >= 0.6 is 0 Å². The summed E-state index contributed by atoms with van der Waals surface area (Å²) in [6.07, 6.45) is 1.90. The van der Waals surface area contributed by atoms with Gasteiger partial charge in [-0.2, -0.15) is 0 Å². The molecule has 0 radical (unpaired) electrons. The second kappa shape index (κ2) is 4.18. The summed E-state index contributed by atoms with van der Waals surface area (Å²) in [5.41, 5.74) is 4.32. The number of primary amides is 1. The van der Waals surface area contributed by atoms with Gasteiger partial charge in [-0.05, 0) is 26.2 Å². The summed E-state index contributed by atoms with van der Waals surface area (Å²) < 4.78 is 0. The Morgan fingerprint density at radius 1 is 1.60 bits per heavy atom. The molecule has 0 bridgehead atoms. The maximum atomic E-state index is 11.3. The third-order valence-electron chi connectivity index (χ3n) is 3.40. The van der Waals surface area contributed by atoms with E-state index in [2.05, 4.69) is 0 Å². The van der Waals surface area contributed by atoms with Crippen LogP contribution in [0.5, 0.6) is 0 Å². The number of nitrogens with zero attached hydrogens (tertiary/aromatic N) is 1. The number of likely N-dealkylation sites (tertiary alicyclic amines) is 1. The first kappa shape index (κ1) is 12.0. The Balaban J connectivity index is 2.97. The summed E-state index contributed by atoms with van der Waals surface area (Å²) in [6.45, 7) is 4.13. The molecule has 15 heavy (non-hydrogen) atoms. The first-order valence-electron chi connectivity index (χ1n) is 5.25. The summed E-state index contributed by atoms with van der Waals surface area (Å²) in [4.78, 5) is 24.1. The van der Waals surface area contributed by atoms with Crippen LogP contribution in [0.1, 0.15) is 33.1 Å². The number of aliphatic carboxylic acids is 1. The van der Waals surface area contributed by atoms with Crippen LogP contribution in [0.3, 0.4) is 0 Å². The van der Waals surface area contributed by atoms with Crippen LogP contribution in [-0.2, 0) is 9.59 Å². The quantitative estimate of drug-likeness (QED) is 0.699. The molecule has 1 fully saturated rings. The van der Waals surface area contributed by atoms with E-state index in [0.29, 0.717) is 19.4 Å². The molecule has 1 rings (SSSR count). The Kier molecular flexibility index (Phi) is 3.34. The van der Waals surface area contributed by atoms with Gasteiger partial charge in [0.05, 0.1) is 6.04 Å². The highest BCUT2D eigenvalue weighted by atomic mass is 16.4. The number of rotatable bonds is 4. The van der Waals surface area contributed by atoms with Crippen molar-refractivity contribution in [1.82, 2.24) is 4.90 Å². The van der Waals surface area contributed by atoms with Crippen molar-refractivity contribution in [1.29, 1.82) is 0 Å². The number of amides is 1. The molecule has 0 aromatic carbocycles. The molecule has 1 amide bonds. The van der Waals surface area contributed by atoms with Gasteiger partial charge in [0.25, 0.3) is 0 Å². The molecule has 2 atom stereocenters. The molecule has 0 aliphatic carbocycles. The van der Waals surface area contributed by atoms with E-state index in [4.69, 9.17) is 5.73 Å². The Labute approximate surface area is 89.2 Å². The topological polar surface area (TPSA) is 83.6 Å². The van der Waals surface area contributed by atoms with Crippen molar-refractivity contribution in [2.75, 3.05) is 6.54 Å². The molecule has 0 aromatic heterocycles. The van der Waals surface area contributed by atoms with Crippen LogP contribution in [0.2, 0.25) is 0 Å². The molecule has 1 saturated heterocycles. The lowest BCUT2D eigenvalue weighted by atomic mass is 9.92. The smallest absolute Gasteiger partial charge is 0.324 e. The number of nitrogens with two attached hydrogens (primary N) is 1. The predicted octanol–water partition coefficient (Wildman–Crippen LogP) is 0.189. The number of hydrogen-bond donors (Lipinski definition) is 2. The van der Waals surface area contributed by atoms with Gasteiger partial charge in [0.1, 0.15) is 5.54 Å². The van der Waals surface area contributed by atoms with Crippen LogP contribution in [0.25, 0.3) is 0 Å². The zero-order valence-electron chi connectivity index (χ0n) is 9.19. The summed E-state index contributed by atoms with van der Waals surface area (Å²) in [7, 11) is 0. The fraction of sp³-hybridized carbons (Fsp3) is 0.800. The predicted molar refractivity (Wildman–Crippen MR) is 55.3 cm³/mol. The Hall–Kier alpha value is -1.10. The van der Waals surface area contributed by atoms with Gasteiger partial charge in [0.15, 0.2) is 0 Å². The summed E-state index contributed by atoms with van der Waals surface area (Å²) in [5.74, 6) is -1.31. The number of carbonyl (C=O) groups is 2. The van der Waals surface area contributed by atoms with Crippen molar-refractivity contribution in [3.63, 3.8) is 0 Å². The van der Waals surface area contributed by atoms with Gasteiger partial charge in [0, 0.05) is 6.54 Å². The monoisotopic (exact) mass is 214 g/mol. The highest BCUT2D eigenvalue weighted by molar-refractivity contribution is 5.83. The van der Waals surface area contributed by atoms with Crippen molar-refractivity contribution in [2.45, 2.75) is 44.7 Å². The Bertz CT molecular complexity index is 280. The molecule has 2 unspecified atom stereocenters. The number of carbonyl (C=O) groups excluding carboxylic acids is 1. The first-order valence-corrected chi connectivity index (χ1v) is 5.25. The standard InChI is InChI=1S/C10H18N2O3/c1-3-10(9(14)15)5-4-6-12(10)7(2)8(11)13/h7H,3-6H2,1-2H3,(H2,11,13)(H,14,15). The van der Waals surface area contributed by atoms with Crippen LogP contribution in [0.4, 0.5) is 0 Å². The van der Waals surface area contributed by atoms with Crippen LogP contribution in [-0.4, -0.2) is 40.0 Å². The van der Waals surface area contributed by atoms with E-state index in [-0.39, 0.29) is 0 Å². The maximum Gasteiger partial charge on any atom is 0.324 e. The molecule has 1 aliphatic rings. The lowest BCUT2D eigenvalue weighted by molar-refractivity contribution is -0.152. The van der Waals surface area contributed by atoms with Crippen molar-refractivity contribution < 1.29 is 14.7 Å². The molecular weight excluding hydrogens is 196 g/mol. The van der Waals surface area contributed by atoms with E-state index in [0.717, 1.165) is 6.42 Å².